The minimum Gasteiger partial charge on any atom is -0.497 e. The number of fused-ring (bicyclic) bond motifs is 1. The highest BCUT2D eigenvalue weighted by molar-refractivity contribution is 5.87. The van der Waals surface area contributed by atoms with Crippen LogP contribution in [0.5, 0.6) is 5.75 Å². The van der Waals surface area contributed by atoms with Gasteiger partial charge in [-0.3, -0.25) is 9.59 Å². The van der Waals surface area contributed by atoms with Crippen molar-refractivity contribution >= 4 is 17.2 Å². The zero-order valence-electron chi connectivity index (χ0n) is 11.3. The number of ether oxygens (including phenoxy) is 1. The highest BCUT2D eigenvalue weighted by atomic mass is 16.5. The number of pyridine rings is 1. The van der Waals surface area contributed by atoms with Gasteiger partial charge >= 0.3 is 0 Å². The van der Waals surface area contributed by atoms with E-state index in [0.717, 1.165) is 10.9 Å². The first-order chi connectivity index (χ1) is 9.06. The average molecular weight is 259 g/mol. The number of aldehydes is 1. The maximum absolute atomic E-state index is 12.2. The number of hydrogen-bond donors (Lipinski definition) is 0. The van der Waals surface area contributed by atoms with E-state index in [1.54, 1.807) is 17.7 Å². The van der Waals surface area contributed by atoms with Crippen molar-refractivity contribution in [3.8, 4) is 5.75 Å². The lowest BCUT2D eigenvalue weighted by Gasteiger charge is -2.14. The second-order valence-electron chi connectivity index (χ2n) is 4.95. The Kier molecular flexibility index (Phi) is 3.69. The lowest BCUT2D eigenvalue weighted by molar-refractivity contribution is 0.112. The van der Waals surface area contributed by atoms with Gasteiger partial charge in [-0.25, -0.2) is 0 Å². The summed E-state index contributed by atoms with van der Waals surface area (Å²) in [7, 11) is 1.59. The first-order valence-corrected chi connectivity index (χ1v) is 6.23. The second-order valence-corrected chi connectivity index (χ2v) is 4.95. The van der Waals surface area contributed by atoms with Crippen LogP contribution in [0.1, 0.15) is 24.2 Å². The Labute approximate surface area is 111 Å². The third kappa shape index (κ3) is 2.52. The van der Waals surface area contributed by atoms with Gasteiger partial charge in [0.2, 0.25) is 0 Å². The van der Waals surface area contributed by atoms with E-state index in [1.807, 2.05) is 32.0 Å². The lowest BCUT2D eigenvalue weighted by Crippen LogP contribution is -2.25. The fourth-order valence-corrected chi connectivity index (χ4v) is 2.13. The summed E-state index contributed by atoms with van der Waals surface area (Å²) in [5.74, 6) is 1.01. The molecule has 0 N–H and O–H groups in total. The molecule has 0 saturated carbocycles. The van der Waals surface area contributed by atoms with Crippen molar-refractivity contribution < 1.29 is 9.53 Å². The smallest absolute Gasteiger partial charge is 0.261 e. The molecule has 19 heavy (non-hydrogen) atoms. The van der Waals surface area contributed by atoms with Crippen LogP contribution in [0.2, 0.25) is 0 Å². The van der Waals surface area contributed by atoms with Crippen LogP contribution in [0, 0.1) is 5.92 Å². The van der Waals surface area contributed by atoms with Gasteiger partial charge in [-0.05, 0) is 29.5 Å². The Hall–Kier alpha value is -2.10. The molecule has 4 heteroatoms. The van der Waals surface area contributed by atoms with E-state index in [2.05, 4.69) is 0 Å². The van der Waals surface area contributed by atoms with Crippen molar-refractivity contribution in [3.63, 3.8) is 0 Å². The Morgan fingerprint density at radius 2 is 2.05 bits per heavy atom. The molecule has 0 unspecified atom stereocenters. The monoisotopic (exact) mass is 259 g/mol. The molecule has 1 aromatic heterocycles. The molecular weight excluding hydrogens is 242 g/mol. The largest absolute Gasteiger partial charge is 0.497 e. The van der Waals surface area contributed by atoms with E-state index in [0.29, 0.717) is 24.5 Å². The van der Waals surface area contributed by atoms with Gasteiger partial charge in [0.25, 0.3) is 5.56 Å². The molecule has 0 bridgehead atoms. The number of aromatic nitrogens is 1. The van der Waals surface area contributed by atoms with Gasteiger partial charge in [0.15, 0.2) is 6.29 Å². The third-order valence-corrected chi connectivity index (χ3v) is 3.01. The van der Waals surface area contributed by atoms with Crippen LogP contribution in [-0.4, -0.2) is 18.0 Å². The molecule has 0 atom stereocenters. The van der Waals surface area contributed by atoms with Gasteiger partial charge in [-0.1, -0.05) is 13.8 Å². The molecule has 2 aromatic rings. The first kappa shape index (κ1) is 13.3. The summed E-state index contributed by atoms with van der Waals surface area (Å²) in [6, 6.07) is 7.13. The summed E-state index contributed by atoms with van der Waals surface area (Å²) >= 11 is 0. The molecule has 4 nitrogen and oxygen atoms in total. The zero-order chi connectivity index (χ0) is 14.0. The number of methoxy groups -OCH3 is 1. The van der Waals surface area contributed by atoms with E-state index >= 15 is 0 Å². The molecule has 0 spiro atoms. The van der Waals surface area contributed by atoms with E-state index in [-0.39, 0.29) is 11.1 Å². The summed E-state index contributed by atoms with van der Waals surface area (Å²) in [5, 5.41) is 0.864. The minimum absolute atomic E-state index is 0.193. The Morgan fingerprint density at radius 3 is 2.63 bits per heavy atom. The maximum Gasteiger partial charge on any atom is 0.261 e. The van der Waals surface area contributed by atoms with E-state index in [1.165, 1.54) is 0 Å². The van der Waals surface area contributed by atoms with Crippen LogP contribution in [0.25, 0.3) is 10.9 Å². The highest BCUT2D eigenvalue weighted by Crippen LogP contribution is 2.20. The third-order valence-electron chi connectivity index (χ3n) is 3.01. The van der Waals surface area contributed by atoms with Crippen LogP contribution < -0.4 is 10.3 Å². The van der Waals surface area contributed by atoms with E-state index in [4.69, 9.17) is 4.74 Å². The molecule has 0 aliphatic heterocycles. The number of benzene rings is 1. The molecule has 100 valence electrons. The van der Waals surface area contributed by atoms with Crippen LogP contribution in [-0.2, 0) is 6.54 Å². The molecule has 0 radical (unpaired) electrons. The number of carbonyl (C=O) groups is 1. The van der Waals surface area contributed by atoms with Gasteiger partial charge in [0, 0.05) is 12.6 Å². The minimum atomic E-state index is -0.246. The van der Waals surface area contributed by atoms with Gasteiger partial charge < -0.3 is 9.30 Å². The van der Waals surface area contributed by atoms with Crippen molar-refractivity contribution in [2.24, 2.45) is 5.92 Å². The van der Waals surface area contributed by atoms with Crippen LogP contribution in [0.3, 0.4) is 0 Å². The van der Waals surface area contributed by atoms with Gasteiger partial charge in [-0.15, -0.1) is 0 Å². The molecule has 0 saturated heterocycles. The molecule has 0 amide bonds. The van der Waals surface area contributed by atoms with Crippen molar-refractivity contribution in [2.75, 3.05) is 7.11 Å². The maximum atomic E-state index is 12.2. The number of carbonyl (C=O) groups excluding carboxylic acids is 1. The number of nitrogens with zero attached hydrogens (tertiary/aromatic N) is 1. The predicted octanol–water partition coefficient (Wildman–Crippen LogP) is 2.48. The summed E-state index contributed by atoms with van der Waals surface area (Å²) in [6.07, 6.45) is 0.614. The van der Waals surface area contributed by atoms with Crippen molar-refractivity contribution in [2.45, 2.75) is 20.4 Å². The Morgan fingerprint density at radius 1 is 1.32 bits per heavy atom. The summed E-state index contributed by atoms with van der Waals surface area (Å²) in [4.78, 5) is 23.2. The fraction of sp³-hybridized carbons (Fsp3) is 0.333. The van der Waals surface area contributed by atoms with Crippen molar-refractivity contribution in [3.05, 3.63) is 40.2 Å². The number of rotatable bonds is 4. The molecule has 0 fully saturated rings. The molecule has 1 aromatic carbocycles. The van der Waals surface area contributed by atoms with Crippen LogP contribution in [0.4, 0.5) is 0 Å². The predicted molar refractivity (Wildman–Crippen MR) is 75.0 cm³/mol. The van der Waals surface area contributed by atoms with E-state index in [9.17, 15) is 9.59 Å². The quantitative estimate of drug-likeness (QED) is 0.792. The second kappa shape index (κ2) is 5.26. The molecule has 0 aliphatic rings. The van der Waals surface area contributed by atoms with E-state index < -0.39 is 0 Å². The lowest BCUT2D eigenvalue weighted by atomic mass is 10.1. The van der Waals surface area contributed by atoms with Gasteiger partial charge in [0.05, 0.1) is 18.2 Å². The molecule has 2 rings (SSSR count). The zero-order valence-corrected chi connectivity index (χ0v) is 11.3. The normalized spacial score (nSPS) is 10.9. The first-order valence-electron chi connectivity index (χ1n) is 6.23. The Balaban J connectivity index is 2.80. The number of hydrogen-bond acceptors (Lipinski definition) is 3. The van der Waals surface area contributed by atoms with Crippen LogP contribution >= 0.6 is 0 Å². The molecule has 1 heterocycles. The van der Waals surface area contributed by atoms with Gasteiger partial charge in [-0.2, -0.15) is 0 Å². The topological polar surface area (TPSA) is 48.3 Å². The van der Waals surface area contributed by atoms with Crippen molar-refractivity contribution in [1.82, 2.24) is 4.57 Å². The summed E-state index contributed by atoms with van der Waals surface area (Å²) in [5.41, 5.74) is 0.742. The fourth-order valence-electron chi connectivity index (χ4n) is 2.13. The molecule has 0 aliphatic carbocycles. The highest BCUT2D eigenvalue weighted by Gasteiger charge is 2.10. The summed E-state index contributed by atoms with van der Waals surface area (Å²) < 4.78 is 6.84. The molecular formula is C15H17NO3. The average Bonchev–Trinajstić information content (AvgIpc) is 2.40. The SMILES string of the molecule is COc1ccc2cc(C=O)c(=O)n(CC(C)C)c2c1. The Bertz CT molecular complexity index is 671. The standard InChI is InChI=1S/C15H17NO3/c1-10(2)8-16-14-7-13(19-3)5-4-11(14)6-12(9-17)15(16)18/h4-7,9-10H,8H2,1-3H3. The summed E-state index contributed by atoms with van der Waals surface area (Å²) in [6.45, 7) is 4.64. The van der Waals surface area contributed by atoms with Gasteiger partial charge in [0.1, 0.15) is 5.75 Å². The van der Waals surface area contributed by atoms with Crippen LogP contribution in [0.15, 0.2) is 29.1 Å². The van der Waals surface area contributed by atoms with Crippen molar-refractivity contribution in [1.29, 1.82) is 0 Å².